The van der Waals surface area contributed by atoms with Crippen molar-refractivity contribution in [3.05, 3.63) is 36.0 Å². The monoisotopic (exact) mass is 348 g/mol. The summed E-state index contributed by atoms with van der Waals surface area (Å²) in [7, 11) is 0. The summed E-state index contributed by atoms with van der Waals surface area (Å²) in [5.74, 6) is -1.01. The van der Waals surface area contributed by atoms with Gasteiger partial charge in [0.1, 0.15) is 6.54 Å². The van der Waals surface area contributed by atoms with Crippen LogP contribution in [0.1, 0.15) is 38.3 Å². The van der Waals surface area contributed by atoms with Crippen molar-refractivity contribution >= 4 is 35.4 Å². The normalized spacial score (nSPS) is 13.6. The molecule has 0 radical (unpaired) electrons. The molecule has 130 valence electrons. The standard InChI is InChI=1S/C18H24N2O3S/c1-3-12(11-24)18(23)20(10-17(21)22)16(4-2)14-9-19-15-8-6-5-7-13(14)15/h5-9,12,16,19,24H,3-4,10-11H2,1-2H3,(H,21,22). The number of carboxylic acid groups (broad SMARTS) is 1. The van der Waals surface area contributed by atoms with Gasteiger partial charge in [-0.15, -0.1) is 0 Å². The van der Waals surface area contributed by atoms with Gasteiger partial charge >= 0.3 is 5.97 Å². The van der Waals surface area contributed by atoms with Gasteiger partial charge in [0.05, 0.1) is 6.04 Å². The number of H-pyrrole nitrogens is 1. The maximum absolute atomic E-state index is 12.9. The Morgan fingerprint density at radius 2 is 1.96 bits per heavy atom. The molecule has 1 amide bonds. The molecule has 2 atom stereocenters. The van der Waals surface area contributed by atoms with Crippen LogP contribution < -0.4 is 0 Å². The van der Waals surface area contributed by atoms with E-state index < -0.39 is 5.97 Å². The summed E-state index contributed by atoms with van der Waals surface area (Å²) in [4.78, 5) is 28.9. The fourth-order valence-corrected chi connectivity index (χ4v) is 3.50. The highest BCUT2D eigenvalue weighted by molar-refractivity contribution is 7.80. The molecule has 5 nitrogen and oxygen atoms in total. The number of carbonyl (C=O) groups excluding carboxylic acids is 1. The van der Waals surface area contributed by atoms with Crippen LogP contribution in [-0.2, 0) is 9.59 Å². The number of rotatable bonds is 8. The van der Waals surface area contributed by atoms with E-state index >= 15 is 0 Å². The van der Waals surface area contributed by atoms with E-state index in [1.54, 1.807) is 0 Å². The average molecular weight is 348 g/mol. The van der Waals surface area contributed by atoms with Crippen LogP contribution in [0.15, 0.2) is 30.5 Å². The lowest BCUT2D eigenvalue weighted by atomic mass is 9.99. The van der Waals surface area contributed by atoms with Crippen molar-refractivity contribution in [2.24, 2.45) is 5.92 Å². The van der Waals surface area contributed by atoms with Crippen LogP contribution in [0, 0.1) is 5.92 Å². The van der Waals surface area contributed by atoms with E-state index in [0.29, 0.717) is 18.6 Å². The molecule has 2 rings (SSSR count). The second kappa shape index (κ2) is 8.24. The Bertz CT molecular complexity index is 709. The first-order valence-electron chi connectivity index (χ1n) is 8.22. The van der Waals surface area contributed by atoms with E-state index in [2.05, 4.69) is 17.6 Å². The molecule has 0 aliphatic rings. The Morgan fingerprint density at radius 3 is 2.54 bits per heavy atom. The molecule has 0 aliphatic carbocycles. The molecular weight excluding hydrogens is 324 g/mol. The number of benzene rings is 1. The van der Waals surface area contributed by atoms with Gasteiger partial charge in [0.15, 0.2) is 0 Å². The van der Waals surface area contributed by atoms with E-state index in [9.17, 15) is 14.7 Å². The van der Waals surface area contributed by atoms with Crippen molar-refractivity contribution < 1.29 is 14.7 Å². The summed E-state index contributed by atoms with van der Waals surface area (Å²) in [6.07, 6.45) is 3.16. The number of amides is 1. The maximum atomic E-state index is 12.9. The van der Waals surface area contributed by atoms with Crippen molar-refractivity contribution in [3.63, 3.8) is 0 Å². The Kier molecular flexibility index (Phi) is 6.31. The molecule has 1 aromatic carbocycles. The minimum Gasteiger partial charge on any atom is -0.480 e. The van der Waals surface area contributed by atoms with Gasteiger partial charge in [-0.2, -0.15) is 12.6 Å². The number of para-hydroxylation sites is 1. The minimum atomic E-state index is -1.00. The van der Waals surface area contributed by atoms with Crippen molar-refractivity contribution in [2.75, 3.05) is 12.3 Å². The second-order valence-electron chi connectivity index (χ2n) is 5.86. The van der Waals surface area contributed by atoms with Crippen molar-refractivity contribution in [1.82, 2.24) is 9.88 Å². The van der Waals surface area contributed by atoms with E-state index in [1.807, 2.05) is 44.3 Å². The van der Waals surface area contributed by atoms with Gasteiger partial charge in [-0.1, -0.05) is 32.0 Å². The first-order chi connectivity index (χ1) is 11.5. The summed E-state index contributed by atoms with van der Waals surface area (Å²) in [5, 5.41) is 10.3. The van der Waals surface area contributed by atoms with Crippen LogP contribution in [0.4, 0.5) is 0 Å². The lowest BCUT2D eigenvalue weighted by Crippen LogP contribution is -2.42. The van der Waals surface area contributed by atoms with Gasteiger partial charge in [0, 0.05) is 28.8 Å². The second-order valence-corrected chi connectivity index (χ2v) is 6.23. The van der Waals surface area contributed by atoms with Crippen molar-refractivity contribution in [3.8, 4) is 0 Å². The van der Waals surface area contributed by atoms with Crippen LogP contribution in [0.2, 0.25) is 0 Å². The summed E-state index contributed by atoms with van der Waals surface area (Å²) in [6, 6.07) is 7.56. The molecule has 2 aromatic rings. The zero-order valence-electron chi connectivity index (χ0n) is 14.0. The highest BCUT2D eigenvalue weighted by Crippen LogP contribution is 2.32. The lowest BCUT2D eigenvalue weighted by molar-refractivity contribution is -0.148. The van der Waals surface area contributed by atoms with E-state index in [0.717, 1.165) is 16.5 Å². The van der Waals surface area contributed by atoms with Crippen molar-refractivity contribution in [2.45, 2.75) is 32.7 Å². The number of nitrogens with one attached hydrogen (secondary N) is 1. The molecule has 24 heavy (non-hydrogen) atoms. The van der Waals surface area contributed by atoms with Gasteiger partial charge in [-0.25, -0.2) is 0 Å². The van der Waals surface area contributed by atoms with Gasteiger partial charge < -0.3 is 15.0 Å². The highest BCUT2D eigenvalue weighted by Gasteiger charge is 2.31. The summed E-state index contributed by atoms with van der Waals surface area (Å²) in [6.45, 7) is 3.59. The third-order valence-electron chi connectivity index (χ3n) is 4.39. The number of fused-ring (bicyclic) bond motifs is 1. The molecule has 0 saturated carbocycles. The molecule has 1 heterocycles. The van der Waals surface area contributed by atoms with E-state index in [4.69, 9.17) is 0 Å². The summed E-state index contributed by atoms with van der Waals surface area (Å²) < 4.78 is 0. The van der Waals surface area contributed by atoms with Gasteiger partial charge in [-0.05, 0) is 24.5 Å². The maximum Gasteiger partial charge on any atom is 0.323 e. The van der Waals surface area contributed by atoms with Gasteiger partial charge in [0.25, 0.3) is 0 Å². The molecule has 0 spiro atoms. The predicted molar refractivity (Wildman–Crippen MR) is 98.3 cm³/mol. The lowest BCUT2D eigenvalue weighted by Gasteiger charge is -2.32. The summed E-state index contributed by atoms with van der Waals surface area (Å²) in [5.41, 5.74) is 1.94. The van der Waals surface area contributed by atoms with Crippen LogP contribution in [0.25, 0.3) is 10.9 Å². The highest BCUT2D eigenvalue weighted by atomic mass is 32.1. The number of aromatic amines is 1. The minimum absolute atomic E-state index is 0.146. The molecule has 0 fully saturated rings. The molecule has 2 unspecified atom stereocenters. The number of carbonyl (C=O) groups is 2. The first-order valence-corrected chi connectivity index (χ1v) is 8.85. The largest absolute Gasteiger partial charge is 0.480 e. The number of aromatic nitrogens is 1. The molecule has 0 bridgehead atoms. The molecular formula is C18H24N2O3S. The van der Waals surface area contributed by atoms with Gasteiger partial charge in [0.2, 0.25) is 5.91 Å². The average Bonchev–Trinajstić information content (AvgIpc) is 2.99. The molecule has 0 aliphatic heterocycles. The number of nitrogens with zero attached hydrogens (tertiary/aromatic N) is 1. The smallest absolute Gasteiger partial charge is 0.323 e. The number of carboxylic acids is 1. The quantitative estimate of drug-likeness (QED) is 0.639. The van der Waals surface area contributed by atoms with Crippen LogP contribution >= 0.6 is 12.6 Å². The van der Waals surface area contributed by atoms with Gasteiger partial charge in [-0.3, -0.25) is 9.59 Å². The predicted octanol–water partition coefficient (Wildman–Crippen LogP) is 3.49. The van der Waals surface area contributed by atoms with E-state index in [-0.39, 0.29) is 24.4 Å². The Labute approximate surface area is 147 Å². The fraction of sp³-hybridized carbons (Fsp3) is 0.444. The number of hydrogen-bond donors (Lipinski definition) is 3. The topological polar surface area (TPSA) is 73.4 Å². The fourth-order valence-electron chi connectivity index (χ4n) is 3.08. The SMILES string of the molecule is CCC(CS)C(=O)N(CC(=O)O)C(CC)c1c[nH]c2ccccc12. The molecule has 1 aromatic heterocycles. The third kappa shape index (κ3) is 3.75. The molecule has 2 N–H and O–H groups in total. The Hall–Kier alpha value is -1.95. The number of thiol groups is 1. The van der Waals surface area contributed by atoms with Crippen LogP contribution in [0.3, 0.4) is 0 Å². The third-order valence-corrected chi connectivity index (χ3v) is 4.84. The van der Waals surface area contributed by atoms with Crippen LogP contribution in [-0.4, -0.2) is 39.2 Å². The van der Waals surface area contributed by atoms with Crippen LogP contribution in [0.5, 0.6) is 0 Å². The zero-order valence-corrected chi connectivity index (χ0v) is 14.9. The number of hydrogen-bond acceptors (Lipinski definition) is 3. The molecule has 0 saturated heterocycles. The zero-order chi connectivity index (χ0) is 17.7. The number of aliphatic carboxylic acids is 1. The first kappa shape index (κ1) is 18.4. The molecule has 6 heteroatoms. The summed E-state index contributed by atoms with van der Waals surface area (Å²) >= 11 is 4.25. The van der Waals surface area contributed by atoms with Crippen molar-refractivity contribution in [1.29, 1.82) is 0 Å². The Balaban J connectivity index is 2.45. The Morgan fingerprint density at radius 1 is 1.25 bits per heavy atom. The van der Waals surface area contributed by atoms with E-state index in [1.165, 1.54) is 4.90 Å².